The number of carboxylic acid groups (broad SMARTS) is 1. The van der Waals surface area contributed by atoms with E-state index in [0.29, 0.717) is 60.0 Å². The number of carbonyl (C=O) groups is 2. The zero-order chi connectivity index (χ0) is 69.0. The number of nitrogens with zero attached hydrogens (tertiary/aromatic N) is 2. The molecule has 0 unspecified atom stereocenters. The van der Waals surface area contributed by atoms with Crippen molar-refractivity contribution in [3.8, 4) is 69.0 Å². The third-order valence-electron chi connectivity index (χ3n) is 12.4. The Morgan fingerprint density at radius 2 is 0.826 bits per heavy atom. The molecule has 7 aromatic rings. The monoisotopic (exact) mass is 1310 g/mol. The molecule has 0 amide bonds. The van der Waals surface area contributed by atoms with Crippen LogP contribution in [0.1, 0.15) is 75.1 Å². The molecule has 0 saturated carbocycles. The number of hydrogen-bond donors (Lipinski definition) is 4. The number of aromatic carboxylic acids is 1. The van der Waals surface area contributed by atoms with Crippen LogP contribution in [0.5, 0.6) is 69.0 Å². The van der Waals surface area contributed by atoms with Gasteiger partial charge in [-0.2, -0.15) is 5.10 Å². The van der Waals surface area contributed by atoms with Crippen molar-refractivity contribution in [2.75, 3.05) is 64.0 Å². The number of para-hydroxylation sites is 3. The summed E-state index contributed by atoms with van der Waals surface area (Å²) in [4.78, 5) is 21.2. The molecule has 1 aromatic heterocycles. The first-order valence-corrected chi connectivity index (χ1v) is 27.1. The lowest BCUT2D eigenvalue weighted by molar-refractivity contribution is -0.276. The van der Waals surface area contributed by atoms with Gasteiger partial charge in [-0.3, -0.25) is 9.48 Å². The number of benzene rings is 6. The molecule has 20 nitrogen and oxygen atoms in total. The maximum Gasteiger partial charge on any atom is 0.573 e. The normalized spacial score (nSPS) is 11.0. The van der Waals surface area contributed by atoms with Crippen LogP contribution in [0.25, 0.3) is 0 Å². The molecule has 0 atom stereocenters. The molecule has 0 saturated heterocycles. The van der Waals surface area contributed by atoms with E-state index in [4.69, 9.17) is 48.7 Å². The predicted molar refractivity (Wildman–Crippen MR) is 321 cm³/mol. The molecule has 1 heterocycles. The highest BCUT2D eigenvalue weighted by atomic mass is 19.4. The third-order valence-corrected chi connectivity index (χ3v) is 12.4. The Balaban J connectivity index is 0.000000312. The van der Waals surface area contributed by atoms with Crippen molar-refractivity contribution in [2.45, 2.75) is 78.0 Å². The Kier molecular flexibility index (Phi) is 30.4. The maximum absolute atomic E-state index is 12.5. The summed E-state index contributed by atoms with van der Waals surface area (Å²) in [5, 5.41) is 19.2. The van der Waals surface area contributed by atoms with Gasteiger partial charge in [0.1, 0.15) is 40.2 Å². The minimum atomic E-state index is -4.81. The van der Waals surface area contributed by atoms with Crippen LogP contribution in [0.2, 0.25) is 0 Å². The predicted octanol–water partition coefficient (Wildman–Crippen LogP) is 12.8. The van der Waals surface area contributed by atoms with Crippen LogP contribution in [-0.4, -0.2) is 110 Å². The molecular formula is C63H74F9N5O15. The Hall–Kier alpha value is -9.48. The molecule has 29 heteroatoms. The molecule has 0 radical (unpaired) electrons. The highest BCUT2D eigenvalue weighted by Crippen LogP contribution is 2.38. The van der Waals surface area contributed by atoms with E-state index in [0.717, 1.165) is 47.1 Å². The van der Waals surface area contributed by atoms with Crippen molar-refractivity contribution in [1.29, 1.82) is 0 Å². The summed E-state index contributed by atoms with van der Waals surface area (Å²) in [6.45, 7) is 7.94. The number of halogens is 9. The summed E-state index contributed by atoms with van der Waals surface area (Å²) < 4.78 is 170. The fourth-order valence-corrected chi connectivity index (χ4v) is 8.04. The fourth-order valence-electron chi connectivity index (χ4n) is 8.04. The Labute approximate surface area is 526 Å². The number of alkyl halides is 9. The summed E-state index contributed by atoms with van der Waals surface area (Å²) >= 11 is 0. The number of carbonyl (C=O) groups excluding carboxylic acids is 1. The number of ether oxygens (including phenoxy) is 12. The van der Waals surface area contributed by atoms with Crippen molar-refractivity contribution >= 4 is 12.3 Å². The van der Waals surface area contributed by atoms with E-state index >= 15 is 0 Å². The smallest absolute Gasteiger partial charge is 0.497 e. The first kappa shape index (κ1) is 76.8. The molecule has 0 bridgehead atoms. The zero-order valence-corrected chi connectivity index (χ0v) is 52.6. The number of aromatic nitrogens is 2. The lowest BCUT2D eigenvalue weighted by Crippen LogP contribution is -2.19. The van der Waals surface area contributed by atoms with Crippen LogP contribution in [0, 0.1) is 0 Å². The summed E-state index contributed by atoms with van der Waals surface area (Å²) in [6, 6.07) is 30.4. The number of carboxylic acids is 1. The lowest BCUT2D eigenvalue weighted by Gasteiger charge is -2.16. The fraction of sp³-hybridized carbons (Fsp3) is 0.349. The van der Waals surface area contributed by atoms with Gasteiger partial charge < -0.3 is 78.3 Å². The van der Waals surface area contributed by atoms with Gasteiger partial charge >= 0.3 is 25.1 Å². The Morgan fingerprint density at radius 3 is 1.12 bits per heavy atom. The van der Waals surface area contributed by atoms with Crippen LogP contribution in [0.4, 0.5) is 39.5 Å². The molecule has 5 N–H and O–H groups in total. The molecule has 7 rings (SSSR count). The van der Waals surface area contributed by atoms with Crippen molar-refractivity contribution in [1.82, 2.24) is 20.4 Å². The first-order chi connectivity index (χ1) is 43.4. The Morgan fingerprint density at radius 1 is 0.478 bits per heavy atom. The number of methoxy groups -OCH3 is 9. The van der Waals surface area contributed by atoms with Gasteiger partial charge in [0.25, 0.3) is 0 Å². The molecule has 6 aromatic carbocycles. The highest BCUT2D eigenvalue weighted by Gasteiger charge is 2.35. The summed E-state index contributed by atoms with van der Waals surface area (Å²) in [7, 11) is 14.9. The van der Waals surface area contributed by atoms with Gasteiger partial charge in [0.15, 0.2) is 40.8 Å². The van der Waals surface area contributed by atoms with Crippen LogP contribution in [0.15, 0.2) is 115 Å². The quantitative estimate of drug-likeness (QED) is 0.0344. The topological polar surface area (TPSA) is 233 Å². The van der Waals surface area contributed by atoms with Gasteiger partial charge in [-0.05, 0) is 48.5 Å². The minimum absolute atomic E-state index is 0.000694. The molecule has 0 fully saturated rings. The van der Waals surface area contributed by atoms with Gasteiger partial charge in [0.05, 0.1) is 75.2 Å². The second kappa shape index (κ2) is 36.4. The lowest BCUT2D eigenvalue weighted by atomic mass is 9.92. The molecule has 504 valence electrons. The van der Waals surface area contributed by atoms with E-state index < -0.39 is 30.8 Å². The molecule has 0 aliphatic carbocycles. The SMILES string of the molecule is COc1c(C=O)cccc1OC(F)(F)F.COc1ccc(CN)c(OC)c1.COc1ccc(CNCc2cccc(OC(F)(F)F)c2OC)c(OC)c1.COc1ccc(CNCc2cccc(OC(F)(F)F)c2OC)c(OC)c1.Cn1nc(C(C)(C)C)cc1C(=O)O. The van der Waals surface area contributed by atoms with Crippen LogP contribution in [0.3, 0.4) is 0 Å². The van der Waals surface area contributed by atoms with E-state index in [1.54, 1.807) is 92.2 Å². The second-order valence-electron chi connectivity index (χ2n) is 19.6. The van der Waals surface area contributed by atoms with Gasteiger partial charge in [-0.15, -0.1) is 39.5 Å². The van der Waals surface area contributed by atoms with E-state index in [2.05, 4.69) is 34.7 Å². The van der Waals surface area contributed by atoms with E-state index in [1.165, 1.54) is 55.3 Å². The zero-order valence-electron chi connectivity index (χ0n) is 52.6. The summed E-state index contributed by atoms with van der Waals surface area (Å²) in [6.07, 6.45) is -14.0. The van der Waals surface area contributed by atoms with Gasteiger partial charge in [0, 0.05) is 91.2 Å². The number of aryl methyl sites for hydroxylation is 1. The molecule has 0 spiro atoms. The van der Waals surface area contributed by atoms with Gasteiger partial charge in [-0.25, -0.2) is 4.79 Å². The standard InChI is InChI=1S/2C18H20F3NO4.C9H7F3O3.C9H14N2O2.C9H13NO2/c2*1-23-14-8-7-12(16(9-14)24-2)10-22-11-13-5-4-6-15(17(13)25-3)26-18(19,20)21;1-14-8-6(5-13)3-2-4-7(8)15-9(10,11)12;1-9(2,3)7-5-6(8(12)13)11(4)10-7;1-11-8-4-3-7(6-10)9(5-8)12-2/h2*4-9,22H,10-11H2,1-3H3;2-5H,1H3;5H,1-4H3,(H,12,13);3-5H,6,10H2,1-2H3. The maximum atomic E-state index is 12.5. The molecular weight excluding hydrogens is 1240 g/mol. The highest BCUT2D eigenvalue weighted by molar-refractivity contribution is 5.85. The summed E-state index contributed by atoms with van der Waals surface area (Å²) in [5.41, 5.74) is 10.3. The van der Waals surface area contributed by atoms with Crippen LogP contribution in [-0.2, 0) is 45.2 Å². The van der Waals surface area contributed by atoms with Crippen molar-refractivity contribution in [3.05, 3.63) is 160 Å². The van der Waals surface area contributed by atoms with Crippen molar-refractivity contribution < 1.29 is 111 Å². The minimum Gasteiger partial charge on any atom is -0.497 e. The number of rotatable bonds is 23. The van der Waals surface area contributed by atoms with Crippen molar-refractivity contribution in [2.24, 2.45) is 12.8 Å². The van der Waals surface area contributed by atoms with E-state index in [9.17, 15) is 49.1 Å². The summed E-state index contributed by atoms with van der Waals surface area (Å²) in [5.74, 6) is 1.83. The third kappa shape index (κ3) is 25.1. The molecule has 0 aliphatic rings. The average Bonchev–Trinajstić information content (AvgIpc) is 1.50. The molecule has 92 heavy (non-hydrogen) atoms. The number of hydrogen-bond acceptors (Lipinski definition) is 18. The number of aldehydes is 1. The van der Waals surface area contributed by atoms with Crippen LogP contribution >= 0.6 is 0 Å². The largest absolute Gasteiger partial charge is 0.573 e. The number of nitrogens with one attached hydrogen (secondary N) is 2. The van der Waals surface area contributed by atoms with E-state index in [-0.39, 0.29) is 58.5 Å². The second-order valence-corrected chi connectivity index (χ2v) is 19.6. The van der Waals surface area contributed by atoms with Gasteiger partial charge in [0.2, 0.25) is 0 Å². The molecule has 0 aliphatic heterocycles. The van der Waals surface area contributed by atoms with Gasteiger partial charge in [-0.1, -0.05) is 69.3 Å². The van der Waals surface area contributed by atoms with Crippen LogP contribution < -0.4 is 73.2 Å². The number of nitrogens with two attached hydrogens (primary N) is 1. The Bertz CT molecular complexity index is 3310. The van der Waals surface area contributed by atoms with Crippen molar-refractivity contribution in [3.63, 3.8) is 0 Å². The van der Waals surface area contributed by atoms with E-state index in [1.807, 2.05) is 51.1 Å². The first-order valence-electron chi connectivity index (χ1n) is 27.1. The average molecular weight is 1310 g/mol.